The van der Waals surface area contributed by atoms with Gasteiger partial charge in [0, 0.05) is 5.57 Å². The van der Waals surface area contributed by atoms with Crippen molar-refractivity contribution in [1.82, 2.24) is 0 Å². The molecule has 0 saturated heterocycles. The summed E-state index contributed by atoms with van der Waals surface area (Å²) in [5.74, 6) is 0.495. The fourth-order valence-corrected chi connectivity index (χ4v) is 2.48. The van der Waals surface area contributed by atoms with Crippen LogP contribution in [0.25, 0.3) is 0 Å². The molecule has 0 heterocycles. The van der Waals surface area contributed by atoms with E-state index >= 15 is 0 Å². The summed E-state index contributed by atoms with van der Waals surface area (Å²) in [4.78, 5) is 11.0. The molecule has 0 bridgehead atoms. The van der Waals surface area contributed by atoms with Crippen LogP contribution in [0.2, 0.25) is 0 Å². The van der Waals surface area contributed by atoms with E-state index in [1.807, 2.05) is 6.92 Å². The first kappa shape index (κ1) is 11.3. The van der Waals surface area contributed by atoms with Crippen molar-refractivity contribution in [1.29, 1.82) is 0 Å². The summed E-state index contributed by atoms with van der Waals surface area (Å²) in [6.07, 6.45) is 3.93. The van der Waals surface area contributed by atoms with Crippen LogP contribution in [0.1, 0.15) is 46.5 Å². The van der Waals surface area contributed by atoms with Gasteiger partial charge in [-0.1, -0.05) is 26.3 Å². The molecule has 2 unspecified atom stereocenters. The number of carbonyl (C=O) groups is 1. The van der Waals surface area contributed by atoms with E-state index in [2.05, 4.69) is 13.8 Å². The normalized spacial score (nSPS) is 31.4. The standard InChI is InChI=1S/C12H20O2/c1-4-10(12(13)14)11-6-5-8(2)7-9(11)3/h8-9H,4-7H2,1-3H3,(H,13,14)/b11-10-. The van der Waals surface area contributed by atoms with Gasteiger partial charge in [0.1, 0.15) is 0 Å². The summed E-state index contributed by atoms with van der Waals surface area (Å²) < 4.78 is 0. The van der Waals surface area contributed by atoms with Gasteiger partial charge < -0.3 is 5.11 Å². The summed E-state index contributed by atoms with van der Waals surface area (Å²) in [7, 11) is 0. The minimum Gasteiger partial charge on any atom is -0.478 e. The van der Waals surface area contributed by atoms with Gasteiger partial charge in [-0.2, -0.15) is 0 Å². The number of hydrogen-bond donors (Lipinski definition) is 1. The molecule has 0 amide bonds. The molecule has 2 heteroatoms. The van der Waals surface area contributed by atoms with Crippen LogP contribution >= 0.6 is 0 Å². The third-order valence-electron chi connectivity index (χ3n) is 3.26. The van der Waals surface area contributed by atoms with E-state index in [1.54, 1.807) is 0 Å². The SMILES string of the molecule is CC/C(C(=O)O)=C1\CCC(C)CC1C. The summed E-state index contributed by atoms with van der Waals surface area (Å²) in [5.41, 5.74) is 1.85. The van der Waals surface area contributed by atoms with Crippen LogP contribution in [-0.2, 0) is 4.79 Å². The fraction of sp³-hybridized carbons (Fsp3) is 0.750. The van der Waals surface area contributed by atoms with Gasteiger partial charge in [0.2, 0.25) is 0 Å². The number of rotatable bonds is 2. The van der Waals surface area contributed by atoms with Crippen LogP contribution in [0.15, 0.2) is 11.1 Å². The van der Waals surface area contributed by atoms with E-state index in [0.717, 1.165) is 25.2 Å². The minimum atomic E-state index is -0.719. The van der Waals surface area contributed by atoms with Crippen molar-refractivity contribution in [3.63, 3.8) is 0 Å². The van der Waals surface area contributed by atoms with Gasteiger partial charge in [-0.3, -0.25) is 0 Å². The van der Waals surface area contributed by atoms with Gasteiger partial charge in [0.05, 0.1) is 0 Å². The van der Waals surface area contributed by atoms with Gasteiger partial charge in [0.15, 0.2) is 0 Å². The minimum absolute atomic E-state index is 0.463. The van der Waals surface area contributed by atoms with Crippen molar-refractivity contribution in [3.05, 3.63) is 11.1 Å². The number of aliphatic carboxylic acids is 1. The molecule has 14 heavy (non-hydrogen) atoms. The van der Waals surface area contributed by atoms with Crippen LogP contribution in [0, 0.1) is 11.8 Å². The zero-order chi connectivity index (χ0) is 10.7. The van der Waals surface area contributed by atoms with Crippen molar-refractivity contribution >= 4 is 5.97 Å². The van der Waals surface area contributed by atoms with Crippen molar-refractivity contribution in [2.24, 2.45) is 11.8 Å². The van der Waals surface area contributed by atoms with Gasteiger partial charge in [0.25, 0.3) is 0 Å². The van der Waals surface area contributed by atoms with E-state index in [1.165, 1.54) is 5.57 Å². The van der Waals surface area contributed by atoms with Gasteiger partial charge in [-0.15, -0.1) is 0 Å². The molecular weight excluding hydrogens is 176 g/mol. The highest BCUT2D eigenvalue weighted by molar-refractivity contribution is 5.87. The lowest BCUT2D eigenvalue weighted by molar-refractivity contribution is -0.132. The van der Waals surface area contributed by atoms with Crippen molar-refractivity contribution in [2.75, 3.05) is 0 Å². The Morgan fingerprint density at radius 3 is 2.57 bits per heavy atom. The maximum absolute atomic E-state index is 11.0. The molecule has 1 aliphatic rings. The summed E-state index contributed by atoms with van der Waals surface area (Å²) in [6, 6.07) is 0. The predicted octanol–water partition coefficient (Wildman–Crippen LogP) is 3.23. The van der Waals surface area contributed by atoms with Crippen LogP contribution in [0.4, 0.5) is 0 Å². The van der Waals surface area contributed by atoms with E-state index in [-0.39, 0.29) is 0 Å². The zero-order valence-electron chi connectivity index (χ0n) is 9.34. The lowest BCUT2D eigenvalue weighted by Gasteiger charge is -2.28. The van der Waals surface area contributed by atoms with Crippen LogP contribution in [0.3, 0.4) is 0 Å². The summed E-state index contributed by atoms with van der Waals surface area (Å²) in [5, 5.41) is 9.05. The molecule has 0 aromatic carbocycles. The van der Waals surface area contributed by atoms with Gasteiger partial charge >= 0.3 is 5.97 Å². The van der Waals surface area contributed by atoms with Gasteiger partial charge in [-0.05, 0) is 37.5 Å². The third-order valence-corrected chi connectivity index (χ3v) is 3.26. The molecule has 1 N–H and O–H groups in total. The van der Waals surface area contributed by atoms with Gasteiger partial charge in [-0.25, -0.2) is 4.79 Å². The molecule has 1 saturated carbocycles. The highest BCUT2D eigenvalue weighted by Gasteiger charge is 2.24. The van der Waals surface area contributed by atoms with E-state index in [0.29, 0.717) is 17.9 Å². The Morgan fingerprint density at radius 1 is 1.50 bits per heavy atom. The fourth-order valence-electron chi connectivity index (χ4n) is 2.48. The Kier molecular flexibility index (Phi) is 3.73. The molecule has 0 spiro atoms. The molecule has 0 aromatic rings. The summed E-state index contributed by atoms with van der Waals surface area (Å²) >= 11 is 0. The lowest BCUT2D eigenvalue weighted by atomic mass is 9.77. The number of hydrogen-bond acceptors (Lipinski definition) is 1. The topological polar surface area (TPSA) is 37.3 Å². The van der Waals surface area contributed by atoms with E-state index < -0.39 is 5.97 Å². The number of carboxylic acid groups (broad SMARTS) is 1. The molecule has 0 radical (unpaired) electrons. The molecule has 2 atom stereocenters. The average Bonchev–Trinajstić information content (AvgIpc) is 2.09. The Hall–Kier alpha value is -0.790. The zero-order valence-corrected chi connectivity index (χ0v) is 9.34. The Labute approximate surface area is 86.0 Å². The maximum Gasteiger partial charge on any atom is 0.331 e. The maximum atomic E-state index is 11.0. The van der Waals surface area contributed by atoms with Crippen molar-refractivity contribution in [2.45, 2.75) is 46.5 Å². The quantitative estimate of drug-likeness (QED) is 0.688. The molecule has 1 fully saturated rings. The molecule has 0 aromatic heterocycles. The highest BCUT2D eigenvalue weighted by Crippen LogP contribution is 2.35. The lowest BCUT2D eigenvalue weighted by Crippen LogP contribution is -2.17. The van der Waals surface area contributed by atoms with Crippen molar-refractivity contribution < 1.29 is 9.90 Å². The monoisotopic (exact) mass is 196 g/mol. The smallest absolute Gasteiger partial charge is 0.331 e. The Morgan fingerprint density at radius 2 is 2.14 bits per heavy atom. The van der Waals surface area contributed by atoms with E-state index in [4.69, 9.17) is 5.11 Å². The first-order valence-corrected chi connectivity index (χ1v) is 5.51. The first-order valence-electron chi connectivity index (χ1n) is 5.51. The molecule has 1 aliphatic carbocycles. The number of carboxylic acids is 1. The molecule has 80 valence electrons. The Bertz CT molecular complexity index is 253. The predicted molar refractivity (Wildman–Crippen MR) is 57.1 cm³/mol. The second-order valence-electron chi connectivity index (χ2n) is 4.44. The second kappa shape index (κ2) is 4.63. The second-order valence-corrected chi connectivity index (χ2v) is 4.44. The largest absolute Gasteiger partial charge is 0.478 e. The highest BCUT2D eigenvalue weighted by atomic mass is 16.4. The molecular formula is C12H20O2. The van der Waals surface area contributed by atoms with Crippen LogP contribution < -0.4 is 0 Å². The first-order chi connectivity index (χ1) is 6.56. The van der Waals surface area contributed by atoms with Crippen molar-refractivity contribution in [3.8, 4) is 0 Å². The van der Waals surface area contributed by atoms with Crippen LogP contribution in [-0.4, -0.2) is 11.1 Å². The molecule has 1 rings (SSSR count). The molecule has 2 nitrogen and oxygen atoms in total. The molecule has 0 aliphatic heterocycles. The summed E-state index contributed by atoms with van der Waals surface area (Å²) in [6.45, 7) is 6.34. The third kappa shape index (κ3) is 2.37. The average molecular weight is 196 g/mol. The Balaban J connectivity index is 2.88. The van der Waals surface area contributed by atoms with E-state index in [9.17, 15) is 4.79 Å². The number of allylic oxidation sites excluding steroid dienone is 1. The van der Waals surface area contributed by atoms with Crippen LogP contribution in [0.5, 0.6) is 0 Å².